The number of rotatable bonds is 5. The summed E-state index contributed by atoms with van der Waals surface area (Å²) >= 11 is 0. The zero-order valence-corrected chi connectivity index (χ0v) is 8.43. The van der Waals surface area contributed by atoms with Gasteiger partial charge >= 0.3 is 5.97 Å². The van der Waals surface area contributed by atoms with E-state index < -0.39 is 5.97 Å². The Morgan fingerprint density at radius 2 is 2.33 bits per heavy atom. The number of nitrogens with zero attached hydrogens (tertiary/aromatic N) is 2. The van der Waals surface area contributed by atoms with E-state index in [1.807, 2.05) is 0 Å². The summed E-state index contributed by atoms with van der Waals surface area (Å²) in [6.07, 6.45) is 2.02. The fourth-order valence-corrected chi connectivity index (χ4v) is 1.13. The van der Waals surface area contributed by atoms with Gasteiger partial charge < -0.3 is 10.4 Å². The van der Waals surface area contributed by atoms with E-state index in [0.717, 1.165) is 0 Å². The third kappa shape index (κ3) is 3.41. The summed E-state index contributed by atoms with van der Waals surface area (Å²) in [7, 11) is 1.67. The fourth-order valence-electron chi connectivity index (χ4n) is 1.13. The van der Waals surface area contributed by atoms with Gasteiger partial charge in [-0.2, -0.15) is 5.10 Å². The summed E-state index contributed by atoms with van der Waals surface area (Å²) < 4.78 is 1.46. The van der Waals surface area contributed by atoms with Crippen molar-refractivity contribution in [3.05, 3.63) is 18.0 Å². The molecule has 0 aliphatic rings. The highest BCUT2D eigenvalue weighted by atomic mass is 16.4. The van der Waals surface area contributed by atoms with E-state index in [9.17, 15) is 9.59 Å². The lowest BCUT2D eigenvalue weighted by molar-refractivity contribution is -0.137. The quantitative estimate of drug-likeness (QED) is 0.672. The molecule has 1 heterocycles. The topological polar surface area (TPSA) is 84.2 Å². The molecular formula is C9H13N3O3. The Kier molecular flexibility index (Phi) is 3.84. The van der Waals surface area contributed by atoms with E-state index in [-0.39, 0.29) is 12.3 Å². The fraction of sp³-hybridized carbons (Fsp3) is 0.444. The number of aromatic nitrogens is 2. The van der Waals surface area contributed by atoms with E-state index in [2.05, 4.69) is 10.4 Å². The van der Waals surface area contributed by atoms with Gasteiger partial charge in [-0.3, -0.25) is 14.3 Å². The Labute approximate surface area is 86.9 Å². The number of amides is 1. The van der Waals surface area contributed by atoms with Gasteiger partial charge in [0.25, 0.3) is 5.91 Å². The average Bonchev–Trinajstić information content (AvgIpc) is 2.58. The molecule has 1 aromatic heterocycles. The maximum Gasteiger partial charge on any atom is 0.303 e. The van der Waals surface area contributed by atoms with Gasteiger partial charge in [0, 0.05) is 26.2 Å². The highest BCUT2D eigenvalue weighted by molar-refractivity contribution is 5.92. The van der Waals surface area contributed by atoms with Crippen molar-refractivity contribution in [1.82, 2.24) is 15.1 Å². The number of hydrogen-bond acceptors (Lipinski definition) is 3. The van der Waals surface area contributed by atoms with Crippen molar-refractivity contribution in [1.29, 1.82) is 0 Å². The number of aryl methyl sites for hydroxylation is 1. The predicted octanol–water partition coefficient (Wildman–Crippen LogP) is 0.0147. The molecule has 1 rings (SSSR count). The molecular weight excluding hydrogens is 198 g/mol. The number of aliphatic carboxylic acids is 1. The van der Waals surface area contributed by atoms with E-state index in [4.69, 9.17) is 5.11 Å². The van der Waals surface area contributed by atoms with Gasteiger partial charge in [-0.05, 0) is 12.5 Å². The Bertz CT molecular complexity index is 359. The highest BCUT2D eigenvalue weighted by Gasteiger charge is 2.08. The van der Waals surface area contributed by atoms with Crippen LogP contribution in [0.25, 0.3) is 0 Å². The molecule has 0 saturated heterocycles. The lowest BCUT2D eigenvalue weighted by atomic mass is 10.3. The Balaban J connectivity index is 2.31. The number of carboxylic acid groups (broad SMARTS) is 1. The van der Waals surface area contributed by atoms with Crippen molar-refractivity contribution >= 4 is 11.9 Å². The average molecular weight is 211 g/mol. The van der Waals surface area contributed by atoms with E-state index >= 15 is 0 Å². The highest BCUT2D eigenvalue weighted by Crippen LogP contribution is 1.96. The molecule has 0 spiro atoms. The second kappa shape index (κ2) is 5.14. The molecule has 0 atom stereocenters. The van der Waals surface area contributed by atoms with E-state index in [1.165, 1.54) is 10.9 Å². The summed E-state index contributed by atoms with van der Waals surface area (Å²) in [5.41, 5.74) is 0.463. The second-order valence-corrected chi connectivity index (χ2v) is 3.09. The molecule has 2 N–H and O–H groups in total. The van der Waals surface area contributed by atoms with Crippen LogP contribution in [-0.2, 0) is 11.8 Å². The molecule has 0 aromatic carbocycles. The third-order valence-electron chi connectivity index (χ3n) is 1.91. The summed E-state index contributed by atoms with van der Waals surface area (Å²) in [4.78, 5) is 21.7. The van der Waals surface area contributed by atoms with Crippen molar-refractivity contribution in [2.45, 2.75) is 12.8 Å². The molecule has 82 valence electrons. The van der Waals surface area contributed by atoms with Crippen molar-refractivity contribution < 1.29 is 14.7 Å². The van der Waals surface area contributed by atoms with Crippen LogP contribution in [0.4, 0.5) is 0 Å². The molecule has 1 aromatic rings. The van der Waals surface area contributed by atoms with Crippen molar-refractivity contribution in [3.8, 4) is 0 Å². The first-order chi connectivity index (χ1) is 7.11. The smallest absolute Gasteiger partial charge is 0.303 e. The Morgan fingerprint density at radius 1 is 1.60 bits per heavy atom. The van der Waals surface area contributed by atoms with Crippen LogP contribution in [0.15, 0.2) is 12.3 Å². The molecule has 6 nitrogen and oxygen atoms in total. The summed E-state index contributed by atoms with van der Waals surface area (Å²) in [5.74, 6) is -1.09. The van der Waals surface area contributed by atoms with Gasteiger partial charge in [-0.1, -0.05) is 0 Å². The van der Waals surface area contributed by atoms with Gasteiger partial charge in [0.05, 0.1) is 0 Å². The molecule has 0 radical (unpaired) electrons. The maximum atomic E-state index is 11.5. The number of nitrogens with one attached hydrogen (secondary N) is 1. The van der Waals surface area contributed by atoms with Gasteiger partial charge in [0.15, 0.2) is 0 Å². The predicted molar refractivity (Wildman–Crippen MR) is 52.4 cm³/mol. The summed E-state index contributed by atoms with van der Waals surface area (Å²) in [5, 5.41) is 14.9. The first-order valence-electron chi connectivity index (χ1n) is 4.59. The maximum absolute atomic E-state index is 11.5. The molecule has 6 heteroatoms. The van der Waals surface area contributed by atoms with E-state index in [1.54, 1.807) is 13.1 Å². The van der Waals surface area contributed by atoms with Crippen LogP contribution >= 0.6 is 0 Å². The molecule has 0 aliphatic carbocycles. The molecule has 0 fully saturated rings. The zero-order chi connectivity index (χ0) is 11.3. The minimum absolute atomic E-state index is 0.0612. The molecule has 1 amide bonds. The minimum Gasteiger partial charge on any atom is -0.481 e. The Hall–Kier alpha value is -1.85. The van der Waals surface area contributed by atoms with Gasteiger partial charge in [0.2, 0.25) is 0 Å². The number of hydrogen-bond donors (Lipinski definition) is 2. The van der Waals surface area contributed by atoms with Crippen LogP contribution in [0.5, 0.6) is 0 Å². The monoisotopic (exact) mass is 211 g/mol. The lowest BCUT2D eigenvalue weighted by Crippen LogP contribution is -2.26. The zero-order valence-electron chi connectivity index (χ0n) is 8.43. The lowest BCUT2D eigenvalue weighted by Gasteiger charge is -2.03. The summed E-state index contributed by atoms with van der Waals surface area (Å²) in [6.45, 7) is 0.357. The second-order valence-electron chi connectivity index (χ2n) is 3.09. The van der Waals surface area contributed by atoms with Gasteiger partial charge in [0.1, 0.15) is 5.69 Å². The molecule has 0 unspecified atom stereocenters. The molecule has 0 aliphatic heterocycles. The van der Waals surface area contributed by atoms with Crippen LogP contribution < -0.4 is 5.32 Å². The van der Waals surface area contributed by atoms with Crippen LogP contribution in [0.3, 0.4) is 0 Å². The molecule has 0 saturated carbocycles. The standard InChI is InChI=1S/C9H13N3O3/c1-12-7(4-6-11-12)9(15)10-5-2-3-8(13)14/h4,6H,2-3,5H2,1H3,(H,10,15)(H,13,14). The van der Waals surface area contributed by atoms with Crippen molar-refractivity contribution in [2.24, 2.45) is 7.05 Å². The van der Waals surface area contributed by atoms with Crippen molar-refractivity contribution in [2.75, 3.05) is 6.54 Å². The SMILES string of the molecule is Cn1nccc1C(=O)NCCCC(=O)O. The molecule has 0 bridgehead atoms. The van der Waals surface area contributed by atoms with Gasteiger partial charge in [-0.15, -0.1) is 0 Å². The minimum atomic E-state index is -0.857. The van der Waals surface area contributed by atoms with E-state index in [0.29, 0.717) is 18.7 Å². The first-order valence-corrected chi connectivity index (χ1v) is 4.59. The number of carbonyl (C=O) groups excluding carboxylic acids is 1. The Morgan fingerprint density at radius 3 is 2.87 bits per heavy atom. The third-order valence-corrected chi connectivity index (χ3v) is 1.91. The summed E-state index contributed by atoms with van der Waals surface area (Å²) in [6, 6.07) is 1.60. The van der Waals surface area contributed by atoms with Crippen LogP contribution in [-0.4, -0.2) is 33.3 Å². The van der Waals surface area contributed by atoms with Crippen LogP contribution in [0, 0.1) is 0 Å². The molecule has 15 heavy (non-hydrogen) atoms. The first kappa shape index (κ1) is 11.2. The van der Waals surface area contributed by atoms with Crippen molar-refractivity contribution in [3.63, 3.8) is 0 Å². The number of carbonyl (C=O) groups is 2. The normalized spacial score (nSPS) is 9.93. The number of carboxylic acids is 1. The van der Waals surface area contributed by atoms with Crippen LogP contribution in [0.2, 0.25) is 0 Å². The largest absolute Gasteiger partial charge is 0.481 e. The van der Waals surface area contributed by atoms with Crippen LogP contribution in [0.1, 0.15) is 23.3 Å². The van der Waals surface area contributed by atoms with Gasteiger partial charge in [-0.25, -0.2) is 0 Å².